The zero-order chi connectivity index (χ0) is 10.6. The molecule has 0 aromatic rings. The summed E-state index contributed by atoms with van der Waals surface area (Å²) in [6, 6.07) is 0. The fourth-order valence-electron chi connectivity index (χ4n) is 1.93. The van der Waals surface area contributed by atoms with Crippen LogP contribution >= 0.6 is 0 Å². The van der Waals surface area contributed by atoms with Gasteiger partial charge in [0.05, 0.1) is 6.10 Å². The van der Waals surface area contributed by atoms with E-state index >= 15 is 0 Å². The zero-order valence-corrected chi connectivity index (χ0v) is 9.03. The van der Waals surface area contributed by atoms with Gasteiger partial charge in [0.1, 0.15) is 0 Å². The molecule has 1 aliphatic rings. The molecule has 82 valence electrons. The van der Waals surface area contributed by atoms with Gasteiger partial charge in [0.2, 0.25) is 0 Å². The van der Waals surface area contributed by atoms with Gasteiger partial charge in [-0.3, -0.25) is 0 Å². The van der Waals surface area contributed by atoms with Gasteiger partial charge in [0.15, 0.2) is 6.10 Å². The molecular weight excluding hydrogens is 180 g/mol. The molecule has 0 aromatic heterocycles. The molecule has 14 heavy (non-hydrogen) atoms. The number of hydrogen-bond acceptors (Lipinski definition) is 2. The van der Waals surface area contributed by atoms with E-state index in [1.807, 2.05) is 6.92 Å². The molecule has 3 nitrogen and oxygen atoms in total. The van der Waals surface area contributed by atoms with Crippen LogP contribution in [0.5, 0.6) is 0 Å². The predicted octanol–water partition coefficient (Wildman–Crippen LogP) is 2.44. The van der Waals surface area contributed by atoms with Crippen LogP contribution in [-0.4, -0.2) is 23.3 Å². The minimum Gasteiger partial charge on any atom is -0.479 e. The first kappa shape index (κ1) is 11.5. The van der Waals surface area contributed by atoms with Crippen molar-refractivity contribution >= 4 is 5.97 Å². The van der Waals surface area contributed by atoms with Crippen molar-refractivity contribution in [3.8, 4) is 0 Å². The summed E-state index contributed by atoms with van der Waals surface area (Å²) >= 11 is 0. The Hall–Kier alpha value is -0.570. The number of rotatable bonds is 4. The minimum absolute atomic E-state index is 0.173. The fourth-order valence-corrected chi connectivity index (χ4v) is 1.93. The van der Waals surface area contributed by atoms with Crippen molar-refractivity contribution in [2.75, 3.05) is 0 Å². The van der Waals surface area contributed by atoms with Crippen LogP contribution in [0.25, 0.3) is 0 Å². The van der Waals surface area contributed by atoms with Crippen LogP contribution in [0.15, 0.2) is 0 Å². The van der Waals surface area contributed by atoms with Crippen molar-refractivity contribution in [2.45, 2.75) is 58.2 Å². The van der Waals surface area contributed by atoms with E-state index in [2.05, 4.69) is 6.92 Å². The summed E-state index contributed by atoms with van der Waals surface area (Å²) in [6.07, 6.45) is 4.50. The molecule has 0 amide bonds. The summed E-state index contributed by atoms with van der Waals surface area (Å²) in [5.41, 5.74) is 0. The highest BCUT2D eigenvalue weighted by Crippen LogP contribution is 2.26. The number of carbonyl (C=O) groups is 1. The van der Waals surface area contributed by atoms with Crippen LogP contribution in [0.2, 0.25) is 0 Å². The lowest BCUT2D eigenvalue weighted by Gasteiger charge is -2.28. The Morgan fingerprint density at radius 2 is 2.00 bits per heavy atom. The highest BCUT2D eigenvalue weighted by atomic mass is 16.5. The fraction of sp³-hybridized carbons (Fsp3) is 0.909. The van der Waals surface area contributed by atoms with Crippen LogP contribution in [0.3, 0.4) is 0 Å². The van der Waals surface area contributed by atoms with Gasteiger partial charge < -0.3 is 9.84 Å². The minimum atomic E-state index is -0.828. The molecule has 1 rings (SSSR count). The lowest BCUT2D eigenvalue weighted by molar-refractivity contribution is -0.156. The van der Waals surface area contributed by atoms with Gasteiger partial charge in [0, 0.05) is 0 Å². The first-order valence-electron chi connectivity index (χ1n) is 5.51. The summed E-state index contributed by atoms with van der Waals surface area (Å²) in [5.74, 6) is -0.0501. The average molecular weight is 200 g/mol. The lowest BCUT2D eigenvalue weighted by atomic mass is 9.89. The molecule has 1 fully saturated rings. The number of ether oxygens (including phenoxy) is 1. The maximum absolute atomic E-state index is 10.7. The standard InChI is InChI=1S/C11H20O3/c1-3-10(11(12)13)14-9-6-4-8(2)5-7-9/h8-10H,3-7H2,1-2H3,(H,12,13). The van der Waals surface area contributed by atoms with Crippen molar-refractivity contribution in [2.24, 2.45) is 5.92 Å². The van der Waals surface area contributed by atoms with Crippen LogP contribution in [0, 0.1) is 5.92 Å². The van der Waals surface area contributed by atoms with Crippen molar-refractivity contribution in [3.05, 3.63) is 0 Å². The average Bonchev–Trinajstić information content (AvgIpc) is 2.16. The summed E-state index contributed by atoms with van der Waals surface area (Å²) in [4.78, 5) is 10.7. The van der Waals surface area contributed by atoms with Gasteiger partial charge in [-0.2, -0.15) is 0 Å². The topological polar surface area (TPSA) is 46.5 Å². The van der Waals surface area contributed by atoms with Gasteiger partial charge in [-0.15, -0.1) is 0 Å². The first-order chi connectivity index (χ1) is 6.63. The molecule has 0 radical (unpaired) electrons. The first-order valence-corrected chi connectivity index (χ1v) is 5.51. The lowest BCUT2D eigenvalue weighted by Crippen LogP contribution is -2.31. The van der Waals surface area contributed by atoms with E-state index in [0.717, 1.165) is 18.8 Å². The van der Waals surface area contributed by atoms with E-state index in [4.69, 9.17) is 9.84 Å². The third kappa shape index (κ3) is 3.29. The molecule has 1 aliphatic carbocycles. The molecule has 0 heterocycles. The van der Waals surface area contributed by atoms with Crippen LogP contribution < -0.4 is 0 Å². The third-order valence-electron chi connectivity index (χ3n) is 2.97. The van der Waals surface area contributed by atoms with Crippen molar-refractivity contribution in [1.29, 1.82) is 0 Å². The van der Waals surface area contributed by atoms with Crippen molar-refractivity contribution in [3.63, 3.8) is 0 Å². The van der Waals surface area contributed by atoms with Gasteiger partial charge in [-0.1, -0.05) is 13.8 Å². The molecule has 1 N–H and O–H groups in total. The Labute approximate surface area is 85.5 Å². The smallest absolute Gasteiger partial charge is 0.332 e. The Balaban J connectivity index is 2.32. The molecule has 1 unspecified atom stereocenters. The summed E-state index contributed by atoms with van der Waals surface area (Å²) < 4.78 is 5.55. The molecular formula is C11H20O3. The van der Waals surface area contributed by atoms with Crippen molar-refractivity contribution < 1.29 is 14.6 Å². The molecule has 1 saturated carbocycles. The summed E-state index contributed by atoms with van der Waals surface area (Å²) in [7, 11) is 0. The van der Waals surface area contributed by atoms with E-state index in [-0.39, 0.29) is 6.10 Å². The Morgan fingerprint density at radius 1 is 1.43 bits per heavy atom. The van der Waals surface area contributed by atoms with Crippen molar-refractivity contribution in [1.82, 2.24) is 0 Å². The maximum Gasteiger partial charge on any atom is 0.332 e. The van der Waals surface area contributed by atoms with E-state index < -0.39 is 12.1 Å². The number of carboxylic acid groups (broad SMARTS) is 1. The molecule has 0 aromatic carbocycles. The van der Waals surface area contributed by atoms with Gasteiger partial charge in [-0.25, -0.2) is 4.79 Å². The molecule has 1 atom stereocenters. The number of aliphatic carboxylic acids is 1. The quantitative estimate of drug-likeness (QED) is 0.758. The van der Waals surface area contributed by atoms with E-state index in [1.54, 1.807) is 0 Å². The normalized spacial score (nSPS) is 29.9. The van der Waals surface area contributed by atoms with Gasteiger partial charge in [0.25, 0.3) is 0 Å². The Morgan fingerprint density at radius 3 is 2.43 bits per heavy atom. The second-order valence-electron chi connectivity index (χ2n) is 4.25. The molecule has 0 aliphatic heterocycles. The van der Waals surface area contributed by atoms with Gasteiger partial charge >= 0.3 is 5.97 Å². The molecule has 3 heteroatoms. The second-order valence-corrected chi connectivity index (χ2v) is 4.25. The van der Waals surface area contributed by atoms with Crippen LogP contribution in [0.4, 0.5) is 0 Å². The molecule has 0 spiro atoms. The second kappa shape index (κ2) is 5.35. The van der Waals surface area contributed by atoms with Gasteiger partial charge in [-0.05, 0) is 38.0 Å². The maximum atomic E-state index is 10.7. The third-order valence-corrected chi connectivity index (χ3v) is 2.97. The Kier molecular flexibility index (Phi) is 4.39. The summed E-state index contributed by atoms with van der Waals surface area (Å²) in [5, 5.41) is 8.83. The zero-order valence-electron chi connectivity index (χ0n) is 9.03. The Bertz CT molecular complexity index is 183. The number of hydrogen-bond donors (Lipinski definition) is 1. The molecule has 0 saturated heterocycles. The van der Waals surface area contributed by atoms with Crippen LogP contribution in [0.1, 0.15) is 46.0 Å². The largest absolute Gasteiger partial charge is 0.479 e. The van der Waals surface area contributed by atoms with E-state index in [1.165, 1.54) is 12.8 Å². The number of carboxylic acids is 1. The van der Waals surface area contributed by atoms with Crippen LogP contribution in [-0.2, 0) is 9.53 Å². The highest BCUT2D eigenvalue weighted by Gasteiger charge is 2.24. The predicted molar refractivity (Wildman–Crippen MR) is 54.2 cm³/mol. The monoisotopic (exact) mass is 200 g/mol. The SMILES string of the molecule is CCC(OC1CCC(C)CC1)C(=O)O. The van der Waals surface area contributed by atoms with E-state index in [9.17, 15) is 4.79 Å². The highest BCUT2D eigenvalue weighted by molar-refractivity contribution is 5.72. The van der Waals surface area contributed by atoms with E-state index in [0.29, 0.717) is 6.42 Å². The summed E-state index contributed by atoms with van der Waals surface area (Å²) in [6.45, 7) is 4.09. The molecule has 0 bridgehead atoms.